The fourth-order valence-corrected chi connectivity index (χ4v) is 4.62. The smallest absolute Gasteiger partial charge is 0.125 e. The highest BCUT2D eigenvalue weighted by molar-refractivity contribution is 5.78. The summed E-state index contributed by atoms with van der Waals surface area (Å²) < 4.78 is 13.6. The number of nitrogens with one attached hydrogen (secondary N) is 1. The van der Waals surface area contributed by atoms with E-state index in [-0.39, 0.29) is 5.82 Å². The second-order valence-electron chi connectivity index (χ2n) is 9.43. The van der Waals surface area contributed by atoms with E-state index in [1.54, 1.807) is 12.1 Å². The maximum atomic E-state index is 13.6. The zero-order chi connectivity index (χ0) is 18.5. The van der Waals surface area contributed by atoms with Crippen LogP contribution in [0.2, 0.25) is 0 Å². The van der Waals surface area contributed by atoms with Crippen molar-refractivity contribution in [2.75, 3.05) is 19.6 Å². The third kappa shape index (κ3) is 3.65. The fraction of sp³-hybridized carbons (Fsp3) is 0.667. The van der Waals surface area contributed by atoms with Crippen LogP contribution in [0, 0.1) is 18.2 Å². The molecule has 2 aromatic rings. The van der Waals surface area contributed by atoms with E-state index in [1.807, 2.05) is 6.92 Å². The van der Waals surface area contributed by atoms with Crippen molar-refractivity contribution in [1.29, 1.82) is 0 Å². The lowest BCUT2D eigenvalue weighted by molar-refractivity contribution is 0.0534. The van der Waals surface area contributed by atoms with Gasteiger partial charge in [0.1, 0.15) is 11.6 Å². The molecule has 0 spiro atoms. The molecule has 2 aliphatic rings. The first kappa shape index (κ1) is 17.9. The average Bonchev–Trinajstić information content (AvgIpc) is 3.03. The van der Waals surface area contributed by atoms with Crippen LogP contribution < -0.4 is 0 Å². The zero-order valence-electron chi connectivity index (χ0n) is 16.5. The molecule has 1 aromatic carbocycles. The van der Waals surface area contributed by atoms with E-state index in [1.165, 1.54) is 25.8 Å². The van der Waals surface area contributed by atoms with Crippen LogP contribution in [0.3, 0.4) is 0 Å². The van der Waals surface area contributed by atoms with Crippen LogP contribution in [-0.2, 0) is 6.54 Å². The maximum Gasteiger partial charge on any atom is 0.125 e. The van der Waals surface area contributed by atoms with Gasteiger partial charge < -0.3 is 4.98 Å². The molecule has 2 unspecified atom stereocenters. The Kier molecular flexibility index (Phi) is 4.56. The first-order valence-electron chi connectivity index (χ1n) is 9.91. The molecule has 2 aliphatic heterocycles. The Morgan fingerprint density at radius 2 is 1.88 bits per heavy atom. The third-order valence-electron chi connectivity index (χ3n) is 5.99. The summed E-state index contributed by atoms with van der Waals surface area (Å²) in [6.07, 6.45) is 3.89. The minimum atomic E-state index is -0.198. The molecule has 1 N–H and O–H groups in total. The summed E-state index contributed by atoms with van der Waals surface area (Å²) in [6.45, 7) is 13.2. The predicted molar refractivity (Wildman–Crippen MR) is 104 cm³/mol. The van der Waals surface area contributed by atoms with E-state index in [9.17, 15) is 4.39 Å². The predicted octanol–water partition coefficient (Wildman–Crippen LogP) is 4.10. The van der Waals surface area contributed by atoms with Gasteiger partial charge in [-0.25, -0.2) is 9.37 Å². The lowest BCUT2D eigenvalue weighted by Crippen LogP contribution is -2.53. The van der Waals surface area contributed by atoms with Gasteiger partial charge in [0.05, 0.1) is 17.6 Å². The minimum absolute atomic E-state index is 0.198. The van der Waals surface area contributed by atoms with E-state index in [2.05, 4.69) is 35.6 Å². The summed E-state index contributed by atoms with van der Waals surface area (Å²) >= 11 is 0. The first-order valence-corrected chi connectivity index (χ1v) is 9.91. The van der Waals surface area contributed by atoms with Gasteiger partial charge in [-0.3, -0.25) is 9.80 Å². The van der Waals surface area contributed by atoms with Gasteiger partial charge in [-0.15, -0.1) is 0 Å². The molecule has 0 aliphatic carbocycles. The number of rotatable bonds is 4. The molecule has 2 atom stereocenters. The molecular weight excluding hydrogens is 327 g/mol. The zero-order valence-corrected chi connectivity index (χ0v) is 16.5. The van der Waals surface area contributed by atoms with Gasteiger partial charge >= 0.3 is 0 Å². The maximum absolute atomic E-state index is 13.6. The molecular formula is C21H31FN4. The number of benzene rings is 1. The SMILES string of the molecule is Cc1cc(F)cc2[nH]c(CN3CC4CCC(C3)N4CCC(C)(C)C)nc12. The summed E-state index contributed by atoms with van der Waals surface area (Å²) in [6, 6.07) is 4.47. The van der Waals surface area contributed by atoms with Crippen LogP contribution in [0.15, 0.2) is 12.1 Å². The highest BCUT2D eigenvalue weighted by Gasteiger charge is 2.39. The molecule has 1 aromatic heterocycles. The highest BCUT2D eigenvalue weighted by Crippen LogP contribution is 2.32. The van der Waals surface area contributed by atoms with Crippen LogP contribution in [0.1, 0.15) is 51.4 Å². The number of imidazole rings is 1. The number of nitrogens with zero attached hydrogens (tertiary/aromatic N) is 3. The van der Waals surface area contributed by atoms with Crippen molar-refractivity contribution in [2.24, 2.45) is 5.41 Å². The number of halogens is 1. The van der Waals surface area contributed by atoms with Crippen LogP contribution >= 0.6 is 0 Å². The second kappa shape index (κ2) is 6.61. The molecule has 0 saturated carbocycles. The van der Waals surface area contributed by atoms with Crippen molar-refractivity contribution in [2.45, 2.75) is 65.6 Å². The van der Waals surface area contributed by atoms with Crippen LogP contribution in [0.5, 0.6) is 0 Å². The largest absolute Gasteiger partial charge is 0.341 e. The number of aryl methyl sites for hydroxylation is 1. The second-order valence-corrected chi connectivity index (χ2v) is 9.43. The minimum Gasteiger partial charge on any atom is -0.341 e. The average molecular weight is 359 g/mol. The summed E-state index contributed by atoms with van der Waals surface area (Å²) in [4.78, 5) is 13.3. The number of hydrogen-bond acceptors (Lipinski definition) is 3. The normalized spacial score (nSPS) is 24.7. The number of hydrogen-bond donors (Lipinski definition) is 1. The molecule has 26 heavy (non-hydrogen) atoms. The molecule has 0 amide bonds. The van der Waals surface area contributed by atoms with Crippen LogP contribution in [0.4, 0.5) is 4.39 Å². The van der Waals surface area contributed by atoms with Crippen molar-refractivity contribution in [3.05, 3.63) is 29.3 Å². The van der Waals surface area contributed by atoms with Gasteiger partial charge in [-0.1, -0.05) is 20.8 Å². The molecule has 4 rings (SSSR count). The van der Waals surface area contributed by atoms with E-state index < -0.39 is 0 Å². The Bertz CT molecular complexity index is 777. The number of piperazine rings is 1. The number of H-pyrrole nitrogens is 1. The molecule has 2 saturated heterocycles. The molecule has 142 valence electrons. The summed E-state index contributed by atoms with van der Waals surface area (Å²) in [5.41, 5.74) is 3.00. The van der Waals surface area contributed by atoms with Crippen molar-refractivity contribution in [3.8, 4) is 0 Å². The van der Waals surface area contributed by atoms with E-state index in [4.69, 9.17) is 4.98 Å². The fourth-order valence-electron chi connectivity index (χ4n) is 4.62. The number of fused-ring (bicyclic) bond motifs is 3. The Morgan fingerprint density at radius 3 is 2.54 bits per heavy atom. The number of aromatic nitrogens is 2. The molecule has 2 fully saturated rings. The third-order valence-corrected chi connectivity index (χ3v) is 5.99. The van der Waals surface area contributed by atoms with Gasteiger partial charge in [0.15, 0.2) is 0 Å². The molecule has 0 radical (unpaired) electrons. The van der Waals surface area contributed by atoms with Gasteiger partial charge in [0.2, 0.25) is 0 Å². The molecule has 4 nitrogen and oxygen atoms in total. The summed E-state index contributed by atoms with van der Waals surface area (Å²) in [7, 11) is 0. The van der Waals surface area contributed by atoms with Crippen molar-refractivity contribution < 1.29 is 4.39 Å². The molecule has 5 heteroatoms. The van der Waals surface area contributed by atoms with Crippen LogP contribution in [-0.4, -0.2) is 51.5 Å². The summed E-state index contributed by atoms with van der Waals surface area (Å²) in [5.74, 6) is 0.756. The molecule has 2 bridgehead atoms. The Balaban J connectivity index is 1.43. The van der Waals surface area contributed by atoms with Crippen molar-refractivity contribution >= 4 is 11.0 Å². The monoisotopic (exact) mass is 358 g/mol. The lowest BCUT2D eigenvalue weighted by atomic mass is 9.91. The quantitative estimate of drug-likeness (QED) is 0.894. The van der Waals surface area contributed by atoms with Crippen LogP contribution in [0.25, 0.3) is 11.0 Å². The van der Waals surface area contributed by atoms with Gasteiger partial charge in [-0.2, -0.15) is 0 Å². The number of aromatic amines is 1. The van der Waals surface area contributed by atoms with E-state index in [0.717, 1.165) is 42.1 Å². The van der Waals surface area contributed by atoms with Crippen molar-refractivity contribution in [1.82, 2.24) is 19.8 Å². The topological polar surface area (TPSA) is 35.2 Å². The van der Waals surface area contributed by atoms with E-state index in [0.29, 0.717) is 17.5 Å². The highest BCUT2D eigenvalue weighted by atomic mass is 19.1. The Morgan fingerprint density at radius 1 is 1.19 bits per heavy atom. The van der Waals surface area contributed by atoms with Gasteiger partial charge in [0.25, 0.3) is 0 Å². The van der Waals surface area contributed by atoms with E-state index >= 15 is 0 Å². The van der Waals surface area contributed by atoms with Gasteiger partial charge in [0, 0.05) is 25.2 Å². The molecule has 3 heterocycles. The first-order chi connectivity index (χ1) is 12.3. The van der Waals surface area contributed by atoms with Crippen molar-refractivity contribution in [3.63, 3.8) is 0 Å². The number of likely N-dealkylation sites (tertiary alicyclic amines) is 1. The Labute approximate surface area is 155 Å². The van der Waals surface area contributed by atoms with Gasteiger partial charge in [-0.05, 0) is 55.8 Å². The standard InChI is InChI=1S/C21H31FN4/c1-14-9-15(22)10-18-20(14)24-19(23-18)13-25-11-16-5-6-17(12-25)26(16)8-7-21(2,3)4/h9-10,16-17H,5-8,11-13H2,1-4H3,(H,23,24). The lowest BCUT2D eigenvalue weighted by Gasteiger charge is -2.41. The Hall–Kier alpha value is -1.46. The summed E-state index contributed by atoms with van der Waals surface area (Å²) in [5, 5.41) is 0.